The zero-order chi connectivity index (χ0) is 16.5. The molecule has 0 aromatic heterocycles. The predicted molar refractivity (Wildman–Crippen MR) is 91.8 cm³/mol. The maximum absolute atomic E-state index is 13.1. The number of hydrogen-bond donors (Lipinski definition) is 0. The minimum Gasteiger partial charge on any atom is -0.299 e. The Kier molecular flexibility index (Phi) is 3.89. The highest BCUT2D eigenvalue weighted by Crippen LogP contribution is 2.51. The topological polar surface area (TPSA) is 49.7 Å². The molecule has 1 aliphatic heterocycles. The molecule has 0 radical (unpaired) electrons. The first-order valence-electron chi connectivity index (χ1n) is 8.56. The third-order valence-electron chi connectivity index (χ3n) is 5.47. The van der Waals surface area contributed by atoms with E-state index in [1.807, 2.05) is 60.7 Å². The van der Waals surface area contributed by atoms with E-state index in [1.165, 1.54) is 0 Å². The normalized spacial score (nSPS) is 29.3. The number of rotatable bonds is 3. The van der Waals surface area contributed by atoms with Crippen LogP contribution in [0.2, 0.25) is 0 Å². The molecular formula is C20H20N2O2. The summed E-state index contributed by atoms with van der Waals surface area (Å²) in [7, 11) is 0. The number of ketones is 1. The first-order chi connectivity index (χ1) is 11.8. The van der Waals surface area contributed by atoms with Crippen LogP contribution >= 0.6 is 0 Å². The molecular weight excluding hydrogens is 300 g/mol. The van der Waals surface area contributed by atoms with E-state index >= 15 is 0 Å². The van der Waals surface area contributed by atoms with Crippen molar-refractivity contribution in [3.8, 4) is 0 Å². The van der Waals surface area contributed by atoms with Crippen LogP contribution in [0.1, 0.15) is 42.5 Å². The Balaban J connectivity index is 1.84. The lowest BCUT2D eigenvalue weighted by Gasteiger charge is -2.49. The quantitative estimate of drug-likeness (QED) is 0.785. The number of piperidine rings is 1. The van der Waals surface area contributed by atoms with Gasteiger partial charge in [0.05, 0.1) is 17.4 Å². The smallest absolute Gasteiger partial charge is 0.143 e. The van der Waals surface area contributed by atoms with Crippen LogP contribution in [-0.2, 0) is 4.79 Å². The second kappa shape index (κ2) is 6.19. The lowest BCUT2D eigenvalue weighted by atomic mass is 9.67. The SMILES string of the molecule is O=NN1C(c2ccccc2)C2CCCC(C2=O)C1c1ccccc1. The Labute approximate surface area is 141 Å². The first kappa shape index (κ1) is 15.1. The summed E-state index contributed by atoms with van der Waals surface area (Å²) in [6, 6.07) is 19.2. The van der Waals surface area contributed by atoms with Gasteiger partial charge in [-0.1, -0.05) is 67.1 Å². The molecule has 4 rings (SSSR count). The Bertz CT molecular complexity index is 674. The summed E-state index contributed by atoms with van der Waals surface area (Å²) in [5.41, 5.74) is 1.99. The van der Waals surface area contributed by atoms with Gasteiger partial charge in [0.15, 0.2) is 0 Å². The van der Waals surface area contributed by atoms with Crippen LogP contribution in [0.5, 0.6) is 0 Å². The fourth-order valence-corrected chi connectivity index (χ4v) is 4.46. The molecule has 122 valence electrons. The van der Waals surface area contributed by atoms with E-state index in [0.29, 0.717) is 5.78 Å². The molecule has 1 aliphatic carbocycles. The lowest BCUT2D eigenvalue weighted by Crippen LogP contribution is -2.50. The van der Waals surface area contributed by atoms with Crippen LogP contribution in [0.25, 0.3) is 0 Å². The van der Waals surface area contributed by atoms with Crippen LogP contribution in [0.4, 0.5) is 0 Å². The average Bonchev–Trinajstić information content (AvgIpc) is 2.63. The Morgan fingerprint density at radius 1 is 0.792 bits per heavy atom. The molecule has 2 aromatic rings. The van der Waals surface area contributed by atoms with E-state index in [0.717, 1.165) is 30.4 Å². The molecule has 2 fully saturated rings. The standard InChI is InChI=1S/C20H20N2O2/c23-20-16-12-7-13-17(20)19(15-10-5-2-6-11-15)22(21-24)18(16)14-8-3-1-4-9-14/h1-6,8-11,16-19H,7,12-13H2. The molecule has 1 saturated heterocycles. The number of fused-ring (bicyclic) bond motifs is 2. The molecule has 0 amide bonds. The highest BCUT2D eigenvalue weighted by Gasteiger charge is 2.51. The van der Waals surface area contributed by atoms with Crippen LogP contribution in [0.3, 0.4) is 0 Å². The maximum Gasteiger partial charge on any atom is 0.143 e. The van der Waals surface area contributed by atoms with Crippen molar-refractivity contribution in [2.45, 2.75) is 31.3 Å². The summed E-state index contributed by atoms with van der Waals surface area (Å²) < 4.78 is 0. The van der Waals surface area contributed by atoms with Crippen molar-refractivity contribution >= 4 is 5.78 Å². The van der Waals surface area contributed by atoms with Crippen molar-refractivity contribution in [2.24, 2.45) is 17.1 Å². The number of carbonyl (C=O) groups is 1. The number of nitrogens with zero attached hydrogens (tertiary/aromatic N) is 2. The summed E-state index contributed by atoms with van der Waals surface area (Å²) in [5, 5.41) is 5.06. The van der Waals surface area contributed by atoms with Gasteiger partial charge < -0.3 is 0 Å². The summed E-state index contributed by atoms with van der Waals surface area (Å²) in [4.78, 5) is 24.9. The molecule has 0 spiro atoms. The van der Waals surface area contributed by atoms with Gasteiger partial charge in [-0.05, 0) is 24.0 Å². The van der Waals surface area contributed by atoms with Crippen molar-refractivity contribution < 1.29 is 4.79 Å². The van der Waals surface area contributed by atoms with Crippen molar-refractivity contribution in [1.82, 2.24) is 5.01 Å². The second-order valence-electron chi connectivity index (χ2n) is 6.72. The highest BCUT2D eigenvalue weighted by molar-refractivity contribution is 5.86. The monoisotopic (exact) mass is 320 g/mol. The highest BCUT2D eigenvalue weighted by atomic mass is 16.3. The van der Waals surface area contributed by atoms with E-state index in [9.17, 15) is 9.70 Å². The van der Waals surface area contributed by atoms with Gasteiger partial charge in [-0.2, -0.15) is 0 Å². The molecule has 4 atom stereocenters. The third kappa shape index (κ3) is 2.33. The molecule has 0 N–H and O–H groups in total. The average molecular weight is 320 g/mol. The van der Waals surface area contributed by atoms with Gasteiger partial charge in [-0.25, -0.2) is 5.01 Å². The van der Waals surface area contributed by atoms with Crippen molar-refractivity contribution in [1.29, 1.82) is 0 Å². The molecule has 1 saturated carbocycles. The van der Waals surface area contributed by atoms with Gasteiger partial charge >= 0.3 is 0 Å². The van der Waals surface area contributed by atoms with E-state index < -0.39 is 0 Å². The van der Waals surface area contributed by atoms with E-state index in [-0.39, 0.29) is 23.9 Å². The molecule has 4 heteroatoms. The van der Waals surface area contributed by atoms with Gasteiger partial charge in [0.25, 0.3) is 0 Å². The van der Waals surface area contributed by atoms with Crippen molar-refractivity contribution in [3.63, 3.8) is 0 Å². The largest absolute Gasteiger partial charge is 0.299 e. The van der Waals surface area contributed by atoms with Gasteiger partial charge in [0.1, 0.15) is 5.78 Å². The summed E-state index contributed by atoms with van der Waals surface area (Å²) in [6.07, 6.45) is 2.70. The predicted octanol–water partition coefficient (Wildman–Crippen LogP) is 4.45. The fourth-order valence-electron chi connectivity index (χ4n) is 4.46. The number of nitroso groups, excluding NO2 is 1. The van der Waals surface area contributed by atoms with E-state index in [1.54, 1.807) is 5.01 Å². The number of hydrogen-bond acceptors (Lipinski definition) is 3. The van der Waals surface area contributed by atoms with Crippen molar-refractivity contribution in [2.75, 3.05) is 0 Å². The maximum atomic E-state index is 13.1. The van der Waals surface area contributed by atoms with Gasteiger partial charge in [-0.3, -0.25) is 4.79 Å². The summed E-state index contributed by atoms with van der Waals surface area (Å²) >= 11 is 0. The molecule has 24 heavy (non-hydrogen) atoms. The zero-order valence-electron chi connectivity index (χ0n) is 13.4. The second-order valence-corrected chi connectivity index (χ2v) is 6.72. The summed E-state index contributed by atoms with van der Waals surface area (Å²) in [6.45, 7) is 0. The minimum absolute atomic E-state index is 0.135. The molecule has 2 bridgehead atoms. The van der Waals surface area contributed by atoms with Crippen molar-refractivity contribution in [3.05, 3.63) is 76.7 Å². The van der Waals surface area contributed by atoms with Crippen LogP contribution in [0, 0.1) is 16.7 Å². The number of benzene rings is 2. The van der Waals surface area contributed by atoms with E-state index in [4.69, 9.17) is 0 Å². The van der Waals surface area contributed by atoms with Crippen LogP contribution < -0.4 is 0 Å². The number of carbonyl (C=O) groups excluding carboxylic acids is 1. The zero-order valence-corrected chi connectivity index (χ0v) is 13.4. The lowest BCUT2D eigenvalue weighted by molar-refractivity contribution is -0.144. The molecule has 4 unspecified atom stereocenters. The molecule has 4 nitrogen and oxygen atoms in total. The molecule has 1 heterocycles. The Morgan fingerprint density at radius 3 is 1.67 bits per heavy atom. The van der Waals surface area contributed by atoms with Crippen LogP contribution in [0.15, 0.2) is 65.9 Å². The van der Waals surface area contributed by atoms with Gasteiger partial charge in [-0.15, -0.1) is 4.91 Å². The molecule has 2 aromatic carbocycles. The van der Waals surface area contributed by atoms with Gasteiger partial charge in [0.2, 0.25) is 0 Å². The number of Topliss-reactive ketones (excluding diaryl/α,β-unsaturated/α-hetero) is 1. The summed E-state index contributed by atoms with van der Waals surface area (Å²) in [5.74, 6) is 0.0245. The fraction of sp³-hybridized carbons (Fsp3) is 0.350. The first-order valence-corrected chi connectivity index (χ1v) is 8.56. The molecule has 2 aliphatic rings. The minimum atomic E-state index is -0.266. The Hall–Kier alpha value is -2.49. The Morgan fingerprint density at radius 2 is 1.25 bits per heavy atom. The third-order valence-corrected chi connectivity index (χ3v) is 5.47. The van der Waals surface area contributed by atoms with E-state index in [2.05, 4.69) is 5.29 Å². The van der Waals surface area contributed by atoms with Crippen LogP contribution in [-0.4, -0.2) is 10.8 Å². The van der Waals surface area contributed by atoms with Gasteiger partial charge in [0, 0.05) is 11.8 Å².